The van der Waals surface area contributed by atoms with Crippen LogP contribution in [0.15, 0.2) is 30.5 Å². The summed E-state index contributed by atoms with van der Waals surface area (Å²) < 4.78 is 5.19. The number of hydrogen-bond donors (Lipinski definition) is 2. The monoisotopic (exact) mass is 381 g/mol. The second-order valence-corrected chi connectivity index (χ2v) is 7.78. The lowest BCUT2D eigenvalue weighted by molar-refractivity contribution is 0.0824. The third kappa shape index (κ3) is 3.67. The van der Waals surface area contributed by atoms with Gasteiger partial charge in [0, 0.05) is 30.9 Å². The third-order valence-electron chi connectivity index (χ3n) is 6.04. The summed E-state index contributed by atoms with van der Waals surface area (Å²) in [5, 5.41) is 3.16. The average molecular weight is 381 g/mol. The fourth-order valence-electron chi connectivity index (χ4n) is 4.59. The van der Waals surface area contributed by atoms with E-state index < -0.39 is 0 Å². The maximum Gasteiger partial charge on any atom is 0.258 e. The van der Waals surface area contributed by atoms with Crippen LogP contribution in [-0.4, -0.2) is 46.0 Å². The van der Waals surface area contributed by atoms with Crippen LogP contribution < -0.4 is 15.8 Å². The second kappa shape index (κ2) is 7.75. The van der Waals surface area contributed by atoms with E-state index in [2.05, 4.69) is 51.4 Å². The van der Waals surface area contributed by atoms with Crippen molar-refractivity contribution in [2.45, 2.75) is 57.3 Å². The maximum absolute atomic E-state index is 12.7. The van der Waals surface area contributed by atoms with Crippen LogP contribution >= 0.6 is 0 Å². The quantitative estimate of drug-likeness (QED) is 0.825. The molecule has 0 spiro atoms. The number of aryl methyl sites for hydroxylation is 1. The molecular weight excluding hydrogens is 354 g/mol. The standard InChI is InChI=1S/C21H27N5O2/c1-13-5-3-4-6-14(13)12-26-16-7-8-17(26)10-15(9-16)24-19(27)18-11-23-21(22)25-20(18)28-2/h3-6,11,15-17H,7-10,12H2,1-2H3,(H,24,27)(H2,22,23,25). The van der Waals surface area contributed by atoms with Gasteiger partial charge in [0.1, 0.15) is 5.56 Å². The third-order valence-corrected chi connectivity index (χ3v) is 6.04. The average Bonchev–Trinajstić information content (AvgIpc) is 2.91. The number of ether oxygens (including phenoxy) is 1. The number of rotatable bonds is 5. The fourth-order valence-corrected chi connectivity index (χ4v) is 4.59. The van der Waals surface area contributed by atoms with Gasteiger partial charge in [-0.2, -0.15) is 4.98 Å². The Labute approximate surface area is 165 Å². The van der Waals surface area contributed by atoms with E-state index in [0.29, 0.717) is 17.6 Å². The van der Waals surface area contributed by atoms with E-state index in [0.717, 1.165) is 19.4 Å². The van der Waals surface area contributed by atoms with Crippen molar-refractivity contribution >= 4 is 11.9 Å². The normalized spacial score (nSPS) is 24.1. The molecule has 2 atom stereocenters. The summed E-state index contributed by atoms with van der Waals surface area (Å²) in [5.74, 6) is 0.106. The van der Waals surface area contributed by atoms with Gasteiger partial charge >= 0.3 is 0 Å². The van der Waals surface area contributed by atoms with Gasteiger partial charge in [0.15, 0.2) is 0 Å². The molecule has 4 rings (SSSR count). The van der Waals surface area contributed by atoms with Gasteiger partial charge in [0.2, 0.25) is 11.8 Å². The zero-order valence-corrected chi connectivity index (χ0v) is 16.4. The Morgan fingerprint density at radius 2 is 2.00 bits per heavy atom. The number of benzene rings is 1. The molecule has 0 aliphatic carbocycles. The highest BCUT2D eigenvalue weighted by atomic mass is 16.5. The predicted octanol–water partition coefficient (Wildman–Crippen LogP) is 2.30. The van der Waals surface area contributed by atoms with Gasteiger partial charge in [-0.3, -0.25) is 9.69 Å². The predicted molar refractivity (Wildman–Crippen MR) is 107 cm³/mol. The van der Waals surface area contributed by atoms with Gasteiger partial charge < -0.3 is 15.8 Å². The van der Waals surface area contributed by atoms with Crippen LogP contribution in [0.4, 0.5) is 5.95 Å². The first kappa shape index (κ1) is 18.7. The molecule has 2 aliphatic rings. The van der Waals surface area contributed by atoms with Crippen molar-refractivity contribution in [2.75, 3.05) is 12.8 Å². The van der Waals surface area contributed by atoms with Crippen LogP contribution in [0.1, 0.15) is 47.2 Å². The fraction of sp³-hybridized carbons (Fsp3) is 0.476. The van der Waals surface area contributed by atoms with Gasteiger partial charge in [-0.1, -0.05) is 24.3 Å². The van der Waals surface area contributed by atoms with E-state index >= 15 is 0 Å². The Morgan fingerprint density at radius 3 is 2.68 bits per heavy atom. The molecule has 2 saturated heterocycles. The number of nitrogens with two attached hydrogens (primary N) is 1. The molecule has 0 saturated carbocycles. The van der Waals surface area contributed by atoms with Crippen molar-refractivity contribution in [2.24, 2.45) is 0 Å². The molecule has 0 radical (unpaired) electrons. The summed E-state index contributed by atoms with van der Waals surface area (Å²) >= 11 is 0. The van der Waals surface area contributed by atoms with E-state index in [1.54, 1.807) is 0 Å². The molecular formula is C21H27N5O2. The lowest BCUT2D eigenvalue weighted by Gasteiger charge is -2.39. The largest absolute Gasteiger partial charge is 0.480 e. The summed E-state index contributed by atoms with van der Waals surface area (Å²) in [6.45, 7) is 3.16. The number of nitrogens with zero attached hydrogens (tertiary/aromatic N) is 3. The number of anilines is 1. The first-order valence-electron chi connectivity index (χ1n) is 9.82. The van der Waals surface area contributed by atoms with Crippen LogP contribution in [0.2, 0.25) is 0 Å². The SMILES string of the molecule is COc1nc(N)ncc1C(=O)NC1CC2CCC(C1)N2Cc1ccccc1C. The number of nitrogens with one attached hydrogen (secondary N) is 1. The van der Waals surface area contributed by atoms with Gasteiger partial charge in [-0.15, -0.1) is 0 Å². The molecule has 148 valence electrons. The van der Waals surface area contributed by atoms with Crippen LogP contribution in [0.25, 0.3) is 0 Å². The minimum Gasteiger partial charge on any atom is -0.480 e. The molecule has 2 aliphatic heterocycles. The van der Waals surface area contributed by atoms with Crippen LogP contribution in [0, 0.1) is 6.92 Å². The van der Waals surface area contributed by atoms with Gasteiger partial charge in [0.25, 0.3) is 5.91 Å². The molecule has 1 aromatic heterocycles. The van der Waals surface area contributed by atoms with E-state index in [-0.39, 0.29) is 23.8 Å². The van der Waals surface area contributed by atoms with Crippen molar-refractivity contribution in [1.29, 1.82) is 0 Å². The second-order valence-electron chi connectivity index (χ2n) is 7.78. The Morgan fingerprint density at radius 1 is 1.29 bits per heavy atom. The summed E-state index contributed by atoms with van der Waals surface area (Å²) in [6, 6.07) is 9.76. The molecule has 1 aromatic carbocycles. The highest BCUT2D eigenvalue weighted by Gasteiger charge is 2.41. The minimum absolute atomic E-state index is 0.0935. The number of aromatic nitrogens is 2. The highest BCUT2D eigenvalue weighted by Crippen LogP contribution is 2.37. The first-order chi connectivity index (χ1) is 13.5. The zero-order chi connectivity index (χ0) is 19.7. The van der Waals surface area contributed by atoms with Crippen molar-refractivity contribution < 1.29 is 9.53 Å². The number of hydrogen-bond acceptors (Lipinski definition) is 6. The highest BCUT2D eigenvalue weighted by molar-refractivity contribution is 5.96. The van der Waals surface area contributed by atoms with E-state index in [9.17, 15) is 4.79 Å². The molecule has 2 fully saturated rings. The summed E-state index contributed by atoms with van der Waals surface area (Å²) in [4.78, 5) is 23.3. The molecule has 28 heavy (non-hydrogen) atoms. The number of carbonyl (C=O) groups is 1. The lowest BCUT2D eigenvalue weighted by Crippen LogP contribution is -2.50. The molecule has 7 heteroatoms. The number of piperidine rings is 1. The molecule has 3 heterocycles. The van der Waals surface area contributed by atoms with Crippen molar-refractivity contribution in [3.8, 4) is 5.88 Å². The van der Waals surface area contributed by atoms with Crippen LogP contribution in [0.3, 0.4) is 0 Å². The number of methoxy groups -OCH3 is 1. The van der Waals surface area contributed by atoms with Gasteiger partial charge in [-0.05, 0) is 43.7 Å². The van der Waals surface area contributed by atoms with Crippen molar-refractivity contribution in [3.05, 3.63) is 47.2 Å². The molecule has 7 nitrogen and oxygen atoms in total. The Bertz CT molecular complexity index is 858. The molecule has 1 amide bonds. The summed E-state index contributed by atoms with van der Waals surface area (Å²) in [6.07, 6.45) is 5.74. The Balaban J connectivity index is 1.42. The zero-order valence-electron chi connectivity index (χ0n) is 16.4. The van der Waals surface area contributed by atoms with E-state index in [1.807, 2.05) is 0 Å². The molecule has 3 N–H and O–H groups in total. The summed E-state index contributed by atoms with van der Waals surface area (Å²) in [7, 11) is 1.48. The van der Waals surface area contributed by atoms with Crippen LogP contribution in [0.5, 0.6) is 5.88 Å². The Hall–Kier alpha value is -2.67. The van der Waals surface area contributed by atoms with Crippen molar-refractivity contribution in [1.82, 2.24) is 20.2 Å². The number of carbonyl (C=O) groups excluding carboxylic acids is 1. The van der Waals surface area contributed by atoms with Crippen molar-refractivity contribution in [3.63, 3.8) is 0 Å². The molecule has 2 unspecified atom stereocenters. The van der Waals surface area contributed by atoms with E-state index in [1.165, 1.54) is 37.3 Å². The molecule has 2 bridgehead atoms. The van der Waals surface area contributed by atoms with Gasteiger partial charge in [-0.25, -0.2) is 4.98 Å². The smallest absolute Gasteiger partial charge is 0.258 e. The lowest BCUT2D eigenvalue weighted by atomic mass is 9.95. The maximum atomic E-state index is 12.7. The van der Waals surface area contributed by atoms with Crippen LogP contribution in [-0.2, 0) is 6.54 Å². The summed E-state index contributed by atoms with van der Waals surface area (Å²) in [5.41, 5.74) is 8.64. The number of nitrogen functional groups attached to an aromatic ring is 1. The topological polar surface area (TPSA) is 93.4 Å². The van der Waals surface area contributed by atoms with Gasteiger partial charge in [0.05, 0.1) is 7.11 Å². The number of amides is 1. The molecule has 2 aromatic rings. The minimum atomic E-state index is -0.200. The first-order valence-corrected chi connectivity index (χ1v) is 9.82. The Kier molecular flexibility index (Phi) is 5.17. The number of fused-ring (bicyclic) bond motifs is 2. The van der Waals surface area contributed by atoms with E-state index in [4.69, 9.17) is 10.5 Å².